The molecule has 0 bridgehead atoms. The van der Waals surface area contributed by atoms with Crippen molar-refractivity contribution in [2.45, 2.75) is 51.6 Å². The predicted molar refractivity (Wildman–Crippen MR) is 53.2 cm³/mol. The van der Waals surface area contributed by atoms with E-state index in [1.54, 1.807) is 0 Å². The van der Waals surface area contributed by atoms with Crippen LogP contribution in [0.25, 0.3) is 0 Å². The molecule has 1 unspecified atom stereocenters. The fourth-order valence-electron chi connectivity index (χ4n) is 2.35. The molecular formula is C10H22N2. The molecule has 72 valence electrons. The van der Waals surface area contributed by atoms with Crippen LogP contribution in [0, 0.1) is 0 Å². The SMILES string of the molecule is CCC(CC)N1CCCC1CN. The molecule has 1 aliphatic rings. The van der Waals surface area contributed by atoms with E-state index in [-0.39, 0.29) is 0 Å². The minimum atomic E-state index is 0.676. The van der Waals surface area contributed by atoms with Gasteiger partial charge < -0.3 is 5.73 Å². The lowest BCUT2D eigenvalue weighted by Crippen LogP contribution is -2.42. The Hall–Kier alpha value is -0.0800. The third kappa shape index (κ3) is 1.99. The van der Waals surface area contributed by atoms with E-state index >= 15 is 0 Å². The Kier molecular flexibility index (Phi) is 4.02. The van der Waals surface area contributed by atoms with Crippen LogP contribution in [-0.2, 0) is 0 Å². The fraction of sp³-hybridized carbons (Fsp3) is 1.00. The minimum Gasteiger partial charge on any atom is -0.329 e. The zero-order valence-corrected chi connectivity index (χ0v) is 8.42. The van der Waals surface area contributed by atoms with Crippen molar-refractivity contribution in [2.75, 3.05) is 13.1 Å². The maximum atomic E-state index is 5.73. The molecule has 0 aromatic rings. The molecule has 0 spiro atoms. The van der Waals surface area contributed by atoms with Gasteiger partial charge in [0.25, 0.3) is 0 Å². The summed E-state index contributed by atoms with van der Waals surface area (Å²) in [5.41, 5.74) is 5.73. The van der Waals surface area contributed by atoms with E-state index in [4.69, 9.17) is 5.73 Å². The quantitative estimate of drug-likeness (QED) is 0.694. The number of nitrogens with zero attached hydrogens (tertiary/aromatic N) is 1. The van der Waals surface area contributed by atoms with Crippen LogP contribution in [0.3, 0.4) is 0 Å². The maximum Gasteiger partial charge on any atom is 0.0221 e. The highest BCUT2D eigenvalue weighted by Gasteiger charge is 2.27. The highest BCUT2D eigenvalue weighted by Crippen LogP contribution is 2.22. The van der Waals surface area contributed by atoms with Gasteiger partial charge in [-0.2, -0.15) is 0 Å². The van der Waals surface area contributed by atoms with Gasteiger partial charge in [0.15, 0.2) is 0 Å². The van der Waals surface area contributed by atoms with E-state index in [9.17, 15) is 0 Å². The van der Waals surface area contributed by atoms with E-state index < -0.39 is 0 Å². The van der Waals surface area contributed by atoms with Crippen molar-refractivity contribution >= 4 is 0 Å². The average Bonchev–Trinajstić information content (AvgIpc) is 2.55. The molecule has 0 aliphatic carbocycles. The molecule has 0 aromatic carbocycles. The summed E-state index contributed by atoms with van der Waals surface area (Å²) >= 11 is 0. The van der Waals surface area contributed by atoms with Gasteiger partial charge in [-0.05, 0) is 32.2 Å². The van der Waals surface area contributed by atoms with Gasteiger partial charge in [0.2, 0.25) is 0 Å². The lowest BCUT2D eigenvalue weighted by Gasteiger charge is -2.31. The number of hydrogen-bond donors (Lipinski definition) is 1. The maximum absolute atomic E-state index is 5.73. The van der Waals surface area contributed by atoms with Crippen LogP contribution in [0.4, 0.5) is 0 Å². The molecule has 2 nitrogen and oxygen atoms in total. The molecule has 0 saturated carbocycles. The number of nitrogens with two attached hydrogens (primary N) is 1. The van der Waals surface area contributed by atoms with Crippen molar-refractivity contribution in [3.8, 4) is 0 Å². The molecule has 1 rings (SSSR count). The summed E-state index contributed by atoms with van der Waals surface area (Å²) in [6.07, 6.45) is 5.20. The second-order valence-electron chi connectivity index (χ2n) is 3.74. The first kappa shape index (κ1) is 10.0. The number of hydrogen-bond acceptors (Lipinski definition) is 2. The molecule has 1 aliphatic heterocycles. The lowest BCUT2D eigenvalue weighted by molar-refractivity contribution is 0.173. The summed E-state index contributed by atoms with van der Waals surface area (Å²) in [4.78, 5) is 2.61. The van der Waals surface area contributed by atoms with Crippen LogP contribution >= 0.6 is 0 Å². The smallest absolute Gasteiger partial charge is 0.0221 e. The summed E-state index contributed by atoms with van der Waals surface area (Å²) in [6.45, 7) is 6.67. The van der Waals surface area contributed by atoms with Crippen LogP contribution < -0.4 is 5.73 Å². The van der Waals surface area contributed by atoms with Crippen molar-refractivity contribution in [3.05, 3.63) is 0 Å². The molecule has 1 atom stereocenters. The molecule has 1 heterocycles. The zero-order valence-electron chi connectivity index (χ0n) is 8.42. The lowest BCUT2D eigenvalue weighted by atomic mass is 10.1. The highest BCUT2D eigenvalue weighted by atomic mass is 15.2. The summed E-state index contributed by atoms with van der Waals surface area (Å²) in [7, 11) is 0. The van der Waals surface area contributed by atoms with Crippen molar-refractivity contribution < 1.29 is 0 Å². The van der Waals surface area contributed by atoms with Crippen molar-refractivity contribution in [1.29, 1.82) is 0 Å². The largest absolute Gasteiger partial charge is 0.329 e. The van der Waals surface area contributed by atoms with Crippen LogP contribution in [0.1, 0.15) is 39.5 Å². The second-order valence-corrected chi connectivity index (χ2v) is 3.74. The Morgan fingerprint density at radius 3 is 2.58 bits per heavy atom. The van der Waals surface area contributed by atoms with Gasteiger partial charge >= 0.3 is 0 Å². The van der Waals surface area contributed by atoms with Gasteiger partial charge in [-0.15, -0.1) is 0 Å². The summed E-state index contributed by atoms with van der Waals surface area (Å²) in [5, 5.41) is 0. The summed E-state index contributed by atoms with van der Waals surface area (Å²) < 4.78 is 0. The Morgan fingerprint density at radius 2 is 2.08 bits per heavy atom. The van der Waals surface area contributed by atoms with Crippen molar-refractivity contribution in [1.82, 2.24) is 4.90 Å². The Balaban J connectivity index is 2.47. The van der Waals surface area contributed by atoms with Gasteiger partial charge in [0, 0.05) is 18.6 Å². The molecule has 12 heavy (non-hydrogen) atoms. The Labute approximate surface area is 76.1 Å². The van der Waals surface area contributed by atoms with Gasteiger partial charge in [0.1, 0.15) is 0 Å². The van der Waals surface area contributed by atoms with Crippen LogP contribution in [0.5, 0.6) is 0 Å². The first-order valence-electron chi connectivity index (χ1n) is 5.29. The van der Waals surface area contributed by atoms with E-state index in [0.717, 1.165) is 12.6 Å². The third-order valence-electron chi connectivity index (χ3n) is 3.11. The van der Waals surface area contributed by atoms with E-state index in [2.05, 4.69) is 18.7 Å². The summed E-state index contributed by atoms with van der Waals surface area (Å²) in [6, 6.07) is 1.45. The normalized spacial score (nSPS) is 25.5. The van der Waals surface area contributed by atoms with Crippen LogP contribution in [0.15, 0.2) is 0 Å². The predicted octanol–water partition coefficient (Wildman–Crippen LogP) is 1.60. The van der Waals surface area contributed by atoms with Crippen molar-refractivity contribution in [3.63, 3.8) is 0 Å². The first-order chi connectivity index (χ1) is 5.83. The standard InChI is InChI=1S/C10H22N2/c1-3-9(4-2)12-7-5-6-10(12)8-11/h9-10H,3-8,11H2,1-2H3. The zero-order chi connectivity index (χ0) is 8.97. The van der Waals surface area contributed by atoms with Crippen LogP contribution in [-0.4, -0.2) is 30.1 Å². The average molecular weight is 170 g/mol. The van der Waals surface area contributed by atoms with Gasteiger partial charge in [-0.25, -0.2) is 0 Å². The van der Waals surface area contributed by atoms with E-state index in [1.807, 2.05) is 0 Å². The Bertz CT molecular complexity index is 121. The molecule has 0 aromatic heterocycles. The van der Waals surface area contributed by atoms with Crippen LogP contribution in [0.2, 0.25) is 0 Å². The fourth-order valence-corrected chi connectivity index (χ4v) is 2.35. The Morgan fingerprint density at radius 1 is 1.42 bits per heavy atom. The topological polar surface area (TPSA) is 29.3 Å². The second kappa shape index (κ2) is 4.83. The summed E-state index contributed by atoms with van der Waals surface area (Å²) in [5.74, 6) is 0. The van der Waals surface area contributed by atoms with Gasteiger partial charge in [-0.3, -0.25) is 4.90 Å². The monoisotopic (exact) mass is 170 g/mol. The van der Waals surface area contributed by atoms with Crippen molar-refractivity contribution in [2.24, 2.45) is 5.73 Å². The third-order valence-corrected chi connectivity index (χ3v) is 3.11. The molecule has 2 N–H and O–H groups in total. The van der Waals surface area contributed by atoms with Gasteiger partial charge in [-0.1, -0.05) is 13.8 Å². The molecule has 0 amide bonds. The molecule has 0 radical (unpaired) electrons. The number of rotatable bonds is 4. The molecule has 1 fully saturated rings. The molecule has 1 saturated heterocycles. The molecular weight excluding hydrogens is 148 g/mol. The molecule has 2 heteroatoms. The van der Waals surface area contributed by atoms with E-state index in [1.165, 1.54) is 32.2 Å². The van der Waals surface area contributed by atoms with Gasteiger partial charge in [0.05, 0.1) is 0 Å². The highest BCUT2D eigenvalue weighted by molar-refractivity contribution is 4.84. The minimum absolute atomic E-state index is 0.676. The number of likely N-dealkylation sites (tertiary alicyclic amines) is 1. The first-order valence-corrected chi connectivity index (χ1v) is 5.29. The van der Waals surface area contributed by atoms with E-state index in [0.29, 0.717) is 6.04 Å².